The smallest absolute Gasteiger partial charge is 0.326 e. The highest BCUT2D eigenvalue weighted by Gasteiger charge is 2.32. The molecule has 0 bridgehead atoms. The maximum atomic E-state index is 11.8. The molecular formula is C10H16N2O6. The Bertz CT molecular complexity index is 367. The van der Waals surface area contributed by atoms with E-state index in [2.05, 4.69) is 0 Å². The molecule has 8 nitrogen and oxygen atoms in total. The third-order valence-corrected chi connectivity index (χ3v) is 2.31. The molecule has 0 radical (unpaired) electrons. The second-order valence-electron chi connectivity index (χ2n) is 3.78. The number of rotatable bonds is 6. The normalized spacial score (nSPS) is 13.5. The maximum Gasteiger partial charge on any atom is 0.326 e. The number of carboxylic acids is 2. The molecule has 0 aliphatic rings. The summed E-state index contributed by atoms with van der Waals surface area (Å²) in [4.78, 5) is 44.6. The Labute approximate surface area is 103 Å². The lowest BCUT2D eigenvalue weighted by Crippen LogP contribution is -2.52. The Morgan fingerprint density at radius 3 is 2.06 bits per heavy atom. The lowest BCUT2D eigenvalue weighted by atomic mass is 10.1. The molecule has 0 aromatic heterocycles. The fraction of sp³-hybridized carbons (Fsp3) is 0.600. The van der Waals surface area contributed by atoms with E-state index in [1.54, 1.807) is 0 Å². The van der Waals surface area contributed by atoms with Crippen LogP contribution in [0.15, 0.2) is 0 Å². The maximum absolute atomic E-state index is 11.8. The minimum atomic E-state index is -1.34. The van der Waals surface area contributed by atoms with Crippen molar-refractivity contribution in [2.24, 2.45) is 5.73 Å². The number of carboxylic acid groups (broad SMARTS) is 2. The van der Waals surface area contributed by atoms with Crippen molar-refractivity contribution in [1.29, 1.82) is 0 Å². The van der Waals surface area contributed by atoms with Crippen molar-refractivity contribution in [1.82, 2.24) is 4.90 Å². The average molecular weight is 260 g/mol. The van der Waals surface area contributed by atoms with Crippen molar-refractivity contribution < 1.29 is 29.4 Å². The second-order valence-corrected chi connectivity index (χ2v) is 3.78. The van der Waals surface area contributed by atoms with Gasteiger partial charge in [-0.15, -0.1) is 0 Å². The van der Waals surface area contributed by atoms with Gasteiger partial charge in [0.25, 0.3) is 0 Å². The molecular weight excluding hydrogens is 244 g/mol. The number of hydrogen-bond donors (Lipinski definition) is 3. The molecule has 0 heterocycles. The van der Waals surface area contributed by atoms with Gasteiger partial charge in [-0.25, -0.2) is 4.79 Å². The van der Waals surface area contributed by atoms with Crippen molar-refractivity contribution in [2.45, 2.75) is 38.8 Å². The predicted octanol–water partition coefficient (Wildman–Crippen LogP) is -0.973. The van der Waals surface area contributed by atoms with Gasteiger partial charge in [-0.1, -0.05) is 0 Å². The Kier molecular flexibility index (Phi) is 5.97. The summed E-state index contributed by atoms with van der Waals surface area (Å²) < 4.78 is 0. The van der Waals surface area contributed by atoms with E-state index in [4.69, 9.17) is 15.9 Å². The zero-order valence-electron chi connectivity index (χ0n) is 10.1. The lowest BCUT2D eigenvalue weighted by Gasteiger charge is -2.25. The third-order valence-electron chi connectivity index (χ3n) is 2.31. The van der Waals surface area contributed by atoms with Gasteiger partial charge >= 0.3 is 11.9 Å². The van der Waals surface area contributed by atoms with Crippen LogP contribution in [0.2, 0.25) is 0 Å². The molecule has 0 saturated heterocycles. The van der Waals surface area contributed by atoms with Crippen molar-refractivity contribution in [3.05, 3.63) is 0 Å². The number of nitrogens with two attached hydrogens (primary N) is 1. The van der Waals surface area contributed by atoms with Gasteiger partial charge in [-0.3, -0.25) is 19.3 Å². The zero-order valence-corrected chi connectivity index (χ0v) is 10.1. The average Bonchev–Trinajstić information content (AvgIpc) is 2.24. The van der Waals surface area contributed by atoms with Crippen LogP contribution in [0.3, 0.4) is 0 Å². The summed E-state index contributed by atoms with van der Waals surface area (Å²) in [7, 11) is 0. The molecule has 0 aliphatic carbocycles. The highest BCUT2D eigenvalue weighted by Crippen LogP contribution is 2.06. The Morgan fingerprint density at radius 1 is 1.22 bits per heavy atom. The molecule has 2 amide bonds. The minimum Gasteiger partial charge on any atom is -0.481 e. The molecule has 2 unspecified atom stereocenters. The van der Waals surface area contributed by atoms with E-state index in [9.17, 15) is 19.2 Å². The molecule has 0 aliphatic heterocycles. The first kappa shape index (κ1) is 16.0. The van der Waals surface area contributed by atoms with E-state index < -0.39 is 35.8 Å². The summed E-state index contributed by atoms with van der Waals surface area (Å²) in [5.74, 6) is -4.11. The summed E-state index contributed by atoms with van der Waals surface area (Å²) >= 11 is 0. The quantitative estimate of drug-likeness (QED) is 0.558. The first-order chi connectivity index (χ1) is 8.18. The van der Waals surface area contributed by atoms with Gasteiger partial charge in [0.05, 0.1) is 6.04 Å². The summed E-state index contributed by atoms with van der Waals surface area (Å²) in [5, 5.41) is 17.2. The van der Waals surface area contributed by atoms with Crippen LogP contribution in [0, 0.1) is 0 Å². The number of carbonyl (C=O) groups is 4. The van der Waals surface area contributed by atoms with Crippen LogP contribution in [-0.2, 0) is 19.2 Å². The molecule has 0 fully saturated rings. The molecule has 2 atom stereocenters. The summed E-state index contributed by atoms with van der Waals surface area (Å²) in [6.45, 7) is 2.22. The topological polar surface area (TPSA) is 138 Å². The number of aliphatic carboxylic acids is 2. The van der Waals surface area contributed by atoms with Crippen LogP contribution in [0.5, 0.6) is 0 Å². The monoisotopic (exact) mass is 260 g/mol. The van der Waals surface area contributed by atoms with Crippen LogP contribution < -0.4 is 5.73 Å². The summed E-state index contributed by atoms with van der Waals surface area (Å²) in [5.41, 5.74) is 5.44. The third kappa shape index (κ3) is 4.50. The van der Waals surface area contributed by atoms with Crippen molar-refractivity contribution in [3.8, 4) is 0 Å². The van der Waals surface area contributed by atoms with Gasteiger partial charge in [-0.05, 0) is 13.3 Å². The van der Waals surface area contributed by atoms with Crippen molar-refractivity contribution in [3.63, 3.8) is 0 Å². The molecule has 4 N–H and O–H groups in total. The number of hydrogen-bond acceptors (Lipinski definition) is 5. The largest absolute Gasteiger partial charge is 0.481 e. The van der Waals surface area contributed by atoms with Crippen LogP contribution >= 0.6 is 0 Å². The molecule has 8 heteroatoms. The lowest BCUT2D eigenvalue weighted by molar-refractivity contribution is -0.157. The standard InChI is InChI=1S/C10H16N2O6/c1-5(10(17)18)12(6(2)13)9(16)7(11)3-4-8(14)15/h5,7H,3-4,11H2,1-2H3,(H,14,15)(H,17,18). The summed E-state index contributed by atoms with van der Waals surface area (Å²) in [6, 6.07) is -2.56. The fourth-order valence-electron chi connectivity index (χ4n) is 1.31. The Hall–Kier alpha value is -1.96. The number of nitrogens with zero attached hydrogens (tertiary/aromatic N) is 1. The highest BCUT2D eigenvalue weighted by atomic mass is 16.4. The molecule has 18 heavy (non-hydrogen) atoms. The van der Waals surface area contributed by atoms with Crippen LogP contribution in [-0.4, -0.2) is 50.9 Å². The number of carbonyl (C=O) groups excluding carboxylic acids is 2. The van der Waals surface area contributed by atoms with Crippen LogP contribution in [0.4, 0.5) is 0 Å². The van der Waals surface area contributed by atoms with Gasteiger partial charge in [0.15, 0.2) is 0 Å². The van der Waals surface area contributed by atoms with Crippen LogP contribution in [0.1, 0.15) is 26.7 Å². The van der Waals surface area contributed by atoms with E-state index in [1.165, 1.54) is 6.92 Å². The molecule has 0 spiro atoms. The summed E-state index contributed by atoms with van der Waals surface area (Å²) in [6.07, 6.45) is -0.496. The SMILES string of the molecule is CC(=O)N(C(=O)C(N)CCC(=O)O)C(C)C(=O)O. The molecule has 0 saturated carbocycles. The van der Waals surface area contributed by atoms with Gasteiger partial charge < -0.3 is 15.9 Å². The van der Waals surface area contributed by atoms with Gasteiger partial charge in [0.2, 0.25) is 11.8 Å². The van der Waals surface area contributed by atoms with Crippen molar-refractivity contribution >= 4 is 23.8 Å². The second kappa shape index (κ2) is 6.70. The van der Waals surface area contributed by atoms with Gasteiger partial charge in [0.1, 0.15) is 6.04 Å². The number of imide groups is 1. The molecule has 102 valence electrons. The molecule has 0 aromatic rings. The zero-order chi connectivity index (χ0) is 14.5. The van der Waals surface area contributed by atoms with E-state index >= 15 is 0 Å². The van der Waals surface area contributed by atoms with Gasteiger partial charge in [0, 0.05) is 13.3 Å². The molecule has 0 aromatic carbocycles. The van der Waals surface area contributed by atoms with E-state index in [-0.39, 0.29) is 12.8 Å². The first-order valence-electron chi connectivity index (χ1n) is 5.22. The Balaban J connectivity index is 4.81. The van der Waals surface area contributed by atoms with Gasteiger partial charge in [-0.2, -0.15) is 0 Å². The number of amides is 2. The predicted molar refractivity (Wildman–Crippen MR) is 59.5 cm³/mol. The van der Waals surface area contributed by atoms with E-state index in [1.807, 2.05) is 0 Å². The van der Waals surface area contributed by atoms with E-state index in [0.717, 1.165) is 6.92 Å². The first-order valence-corrected chi connectivity index (χ1v) is 5.22. The highest BCUT2D eigenvalue weighted by molar-refractivity contribution is 6.00. The fourth-order valence-corrected chi connectivity index (χ4v) is 1.31. The Morgan fingerprint density at radius 2 is 1.72 bits per heavy atom. The van der Waals surface area contributed by atoms with Crippen LogP contribution in [0.25, 0.3) is 0 Å². The van der Waals surface area contributed by atoms with Crippen molar-refractivity contribution in [2.75, 3.05) is 0 Å². The molecule has 0 rings (SSSR count). The van der Waals surface area contributed by atoms with E-state index in [0.29, 0.717) is 4.90 Å². The minimum absolute atomic E-state index is 0.162.